The molecule has 0 saturated carbocycles. The first-order chi connectivity index (χ1) is 12.9. The number of rotatable bonds is 8. The maximum Gasteiger partial charge on any atom is 0.313 e. The molecular weight excluding hydrogens is 416 g/mol. The average molecular weight is 455 g/mol. The van der Waals surface area contributed by atoms with Crippen LogP contribution >= 0.6 is 25.3 Å². The lowest BCUT2D eigenvalue weighted by atomic mass is 10.3. The van der Waals surface area contributed by atoms with E-state index in [1.54, 1.807) is 0 Å². The monoisotopic (exact) mass is 454 g/mol. The van der Waals surface area contributed by atoms with Crippen molar-refractivity contribution in [2.24, 2.45) is 0 Å². The summed E-state index contributed by atoms with van der Waals surface area (Å²) >= 11 is 6.83. The van der Waals surface area contributed by atoms with Crippen LogP contribution in [0.1, 0.15) is 59.3 Å². The number of hydrogen-bond acceptors (Lipinski definition) is 10. The molecule has 0 rings (SSSR count). The number of aliphatic carboxylic acids is 2. The Morgan fingerprint density at radius 2 is 0.750 bits per heavy atom. The number of carboxylic acid groups (broad SMARTS) is 2. The van der Waals surface area contributed by atoms with Crippen LogP contribution in [0.4, 0.5) is 0 Å². The minimum atomic E-state index is -1.10. The fourth-order valence-electron chi connectivity index (χ4n) is 0.775. The van der Waals surface area contributed by atoms with E-state index in [-0.39, 0.29) is 11.5 Å². The van der Waals surface area contributed by atoms with Crippen LogP contribution in [0.15, 0.2) is 0 Å². The van der Waals surface area contributed by atoms with Gasteiger partial charge in [-0.05, 0) is 19.3 Å². The van der Waals surface area contributed by atoms with Crippen molar-refractivity contribution in [2.75, 3.05) is 11.5 Å². The van der Waals surface area contributed by atoms with E-state index in [9.17, 15) is 9.59 Å². The van der Waals surface area contributed by atoms with E-state index < -0.39 is 30.8 Å². The fraction of sp³-hybridized carbons (Fsp3) is 0.875. The highest BCUT2D eigenvalue weighted by Gasteiger charge is 1.90. The molecular formula is C16H38O10S2. The van der Waals surface area contributed by atoms with Gasteiger partial charge in [-0.2, -0.15) is 25.3 Å². The number of aliphatic hydroxyl groups excluding tert-OH is 3. The summed E-state index contributed by atoms with van der Waals surface area (Å²) in [5.41, 5.74) is 0. The number of carbonyl (C=O) groups is 2. The highest BCUT2D eigenvalue weighted by molar-refractivity contribution is 7.81. The average Bonchev–Trinajstić information content (AvgIpc) is 2.56. The number of aliphatic hydroxyl groups is 6. The molecule has 0 fully saturated rings. The summed E-state index contributed by atoms with van der Waals surface area (Å²) in [4.78, 5) is 18.6. The molecule has 0 atom stereocenters. The molecule has 0 aliphatic carbocycles. The second-order valence-electron chi connectivity index (χ2n) is 4.91. The smallest absolute Gasteiger partial charge is 0.313 e. The third-order valence-corrected chi connectivity index (χ3v) is 2.45. The lowest BCUT2D eigenvalue weighted by Crippen LogP contribution is -2.01. The largest absolute Gasteiger partial charge is 0.481 e. The van der Waals surface area contributed by atoms with Crippen LogP contribution in [0.3, 0.4) is 0 Å². The minimum absolute atomic E-state index is 0.0833. The number of hydrogen-bond donors (Lipinski definition) is 10. The van der Waals surface area contributed by atoms with Gasteiger partial charge in [0.1, 0.15) is 0 Å². The van der Waals surface area contributed by atoms with E-state index in [0.29, 0.717) is 19.3 Å². The summed E-state index contributed by atoms with van der Waals surface area (Å²) in [6, 6.07) is 0. The molecule has 10 nitrogen and oxygen atoms in total. The number of carboxylic acids is 2. The van der Waals surface area contributed by atoms with Crippen LogP contribution < -0.4 is 0 Å². The van der Waals surface area contributed by atoms with E-state index in [4.69, 9.17) is 40.9 Å². The van der Waals surface area contributed by atoms with Gasteiger partial charge in [-0.15, -0.1) is 0 Å². The van der Waals surface area contributed by atoms with Gasteiger partial charge in [0.15, 0.2) is 18.9 Å². The number of thiol groups is 2. The normalized spacial score (nSPS) is 9.07. The second-order valence-corrected chi connectivity index (χ2v) is 5.54. The summed E-state index contributed by atoms with van der Waals surface area (Å²) in [5, 5.41) is 63.9. The van der Waals surface area contributed by atoms with Gasteiger partial charge in [0.2, 0.25) is 0 Å². The molecule has 0 aromatic carbocycles. The molecule has 8 N–H and O–H groups in total. The quantitative estimate of drug-likeness (QED) is 0.180. The zero-order valence-electron chi connectivity index (χ0n) is 16.7. The predicted molar refractivity (Wildman–Crippen MR) is 112 cm³/mol. The highest BCUT2D eigenvalue weighted by atomic mass is 32.1. The first-order valence-corrected chi connectivity index (χ1v) is 9.86. The topological polar surface area (TPSA) is 196 Å². The molecule has 0 spiro atoms. The summed E-state index contributed by atoms with van der Waals surface area (Å²) in [6.07, 6.45) is 0.646. The van der Waals surface area contributed by atoms with Gasteiger partial charge in [0.05, 0.1) is 11.5 Å². The maximum atomic E-state index is 9.29. The van der Waals surface area contributed by atoms with Crippen molar-refractivity contribution in [3.05, 3.63) is 0 Å². The van der Waals surface area contributed by atoms with Gasteiger partial charge in [0, 0.05) is 0 Å². The van der Waals surface area contributed by atoms with Crippen LogP contribution in [0.2, 0.25) is 0 Å². The Balaban J connectivity index is -0.0000000789. The lowest BCUT2D eigenvalue weighted by Gasteiger charge is -1.94. The zero-order chi connectivity index (χ0) is 23.5. The Labute approximate surface area is 177 Å². The first-order valence-electron chi connectivity index (χ1n) is 8.59. The Morgan fingerprint density at radius 3 is 0.750 bits per heavy atom. The second kappa shape index (κ2) is 33.9. The van der Waals surface area contributed by atoms with Gasteiger partial charge in [-0.3, -0.25) is 9.59 Å². The zero-order valence-corrected chi connectivity index (χ0v) is 18.5. The van der Waals surface area contributed by atoms with Crippen molar-refractivity contribution in [3.8, 4) is 0 Å². The molecule has 0 amide bonds. The van der Waals surface area contributed by atoms with Crippen molar-refractivity contribution < 1.29 is 50.4 Å². The van der Waals surface area contributed by atoms with Crippen LogP contribution in [-0.2, 0) is 9.59 Å². The molecule has 0 aromatic rings. The Morgan fingerprint density at radius 1 is 0.607 bits per heavy atom. The Kier molecular flexibility index (Phi) is 46.1. The summed E-state index contributed by atoms with van der Waals surface area (Å²) < 4.78 is 0. The molecule has 0 saturated heterocycles. The Bertz CT molecular complexity index is 265. The van der Waals surface area contributed by atoms with E-state index in [0.717, 1.165) is 19.3 Å². The lowest BCUT2D eigenvalue weighted by molar-refractivity contribution is -0.134. The van der Waals surface area contributed by atoms with Crippen molar-refractivity contribution in [3.63, 3.8) is 0 Å². The molecule has 0 radical (unpaired) electrons. The van der Waals surface area contributed by atoms with Gasteiger partial charge in [-0.25, -0.2) is 0 Å². The predicted octanol–water partition coefficient (Wildman–Crippen LogP) is 0.293. The molecule has 0 aliphatic rings. The van der Waals surface area contributed by atoms with E-state index >= 15 is 0 Å². The minimum Gasteiger partial charge on any atom is -0.481 e. The van der Waals surface area contributed by atoms with Crippen LogP contribution in [0.25, 0.3) is 0 Å². The van der Waals surface area contributed by atoms with Crippen LogP contribution in [0, 0.1) is 0 Å². The Hall–Kier alpha value is -0.600. The molecule has 12 heteroatoms. The summed E-state index contributed by atoms with van der Waals surface area (Å²) in [5.74, 6) is -1.93. The summed E-state index contributed by atoms with van der Waals surface area (Å²) in [6.45, 7) is 5.71. The van der Waals surface area contributed by atoms with Crippen LogP contribution in [0.5, 0.6) is 0 Å². The molecule has 0 aliphatic heterocycles. The van der Waals surface area contributed by atoms with E-state index in [2.05, 4.69) is 25.3 Å². The van der Waals surface area contributed by atoms with Gasteiger partial charge in [-0.1, -0.05) is 40.0 Å². The maximum absolute atomic E-state index is 9.29. The molecule has 0 bridgehead atoms. The molecule has 0 heterocycles. The standard InChI is InChI=1S/3C4H10O2.2C2H4O2S/c3*1-2-3-4(5)6;2*3-2(4)1-5/h3*4-6H,2-3H2,1H3;2*5H,1H2,(H,3,4). The van der Waals surface area contributed by atoms with Gasteiger partial charge >= 0.3 is 11.9 Å². The third-order valence-electron chi connectivity index (χ3n) is 1.91. The van der Waals surface area contributed by atoms with Gasteiger partial charge in [0.25, 0.3) is 0 Å². The van der Waals surface area contributed by atoms with Crippen LogP contribution in [-0.4, -0.2) is 83.2 Å². The van der Waals surface area contributed by atoms with Gasteiger partial charge < -0.3 is 40.9 Å². The molecule has 0 unspecified atom stereocenters. The van der Waals surface area contributed by atoms with Crippen molar-refractivity contribution in [1.29, 1.82) is 0 Å². The van der Waals surface area contributed by atoms with E-state index in [1.807, 2.05) is 20.8 Å². The highest BCUT2D eigenvalue weighted by Crippen LogP contribution is 1.89. The van der Waals surface area contributed by atoms with E-state index in [1.165, 1.54) is 0 Å². The fourth-order valence-corrected chi connectivity index (χ4v) is 0.775. The SMILES string of the molecule is CCCC(O)O.CCCC(O)O.CCCC(O)O.O=C(O)CS.O=C(O)CS. The van der Waals surface area contributed by atoms with Crippen molar-refractivity contribution >= 4 is 37.2 Å². The first kappa shape index (κ1) is 38.1. The molecule has 174 valence electrons. The summed E-state index contributed by atoms with van der Waals surface area (Å²) in [7, 11) is 0. The van der Waals surface area contributed by atoms with Crippen molar-refractivity contribution in [2.45, 2.75) is 78.2 Å². The molecule has 0 aromatic heterocycles. The molecule has 28 heavy (non-hydrogen) atoms. The third kappa shape index (κ3) is 98.3. The van der Waals surface area contributed by atoms with Crippen molar-refractivity contribution in [1.82, 2.24) is 0 Å².